The van der Waals surface area contributed by atoms with Crippen LogP contribution >= 0.6 is 23.4 Å². The van der Waals surface area contributed by atoms with Gasteiger partial charge in [0.2, 0.25) is 10.0 Å². The fraction of sp³-hybridized carbons (Fsp3) is 0.200. The van der Waals surface area contributed by atoms with Crippen molar-refractivity contribution in [2.24, 2.45) is 10.9 Å². The van der Waals surface area contributed by atoms with Gasteiger partial charge in [-0.05, 0) is 49.1 Å². The van der Waals surface area contributed by atoms with Crippen LogP contribution in [0.2, 0.25) is 5.02 Å². The lowest BCUT2D eigenvalue weighted by Crippen LogP contribution is -2.42. The van der Waals surface area contributed by atoms with Gasteiger partial charge in [-0.2, -0.15) is 23.0 Å². The fourth-order valence-electron chi connectivity index (χ4n) is 3.06. The van der Waals surface area contributed by atoms with Crippen LogP contribution < -0.4 is 10.6 Å². The zero-order chi connectivity index (χ0) is 25.4. The maximum atomic E-state index is 14.3. The first-order chi connectivity index (χ1) is 15.8. The number of nitrogens with two attached hydrogens (primary N) is 1. The molecular formula is C20H18ClF4N5O2S2. The Balaban J connectivity index is 2.17. The quantitative estimate of drug-likeness (QED) is 0.158. The lowest BCUT2D eigenvalue weighted by Gasteiger charge is -2.17. The maximum absolute atomic E-state index is 14.3. The number of fused-ring (bicyclic) bond motifs is 1. The predicted octanol–water partition coefficient (Wildman–Crippen LogP) is 4.99. The van der Waals surface area contributed by atoms with Gasteiger partial charge in [-0.1, -0.05) is 29.9 Å². The molecule has 2 heterocycles. The third kappa shape index (κ3) is 4.92. The van der Waals surface area contributed by atoms with Crippen molar-refractivity contribution in [3.8, 4) is 11.4 Å². The Morgan fingerprint density at radius 1 is 1.38 bits per heavy atom. The summed E-state index contributed by atoms with van der Waals surface area (Å²) in [5.74, 6) is 5.05. The molecule has 34 heavy (non-hydrogen) atoms. The number of hydrazone groups is 1. The van der Waals surface area contributed by atoms with Crippen LogP contribution in [0.15, 0.2) is 52.4 Å². The van der Waals surface area contributed by atoms with Crippen molar-refractivity contribution in [2.45, 2.75) is 31.0 Å². The zero-order valence-corrected chi connectivity index (χ0v) is 20.1. The van der Waals surface area contributed by atoms with E-state index in [9.17, 15) is 26.0 Å². The average Bonchev–Trinajstić information content (AvgIpc) is 3.03. The van der Waals surface area contributed by atoms with Crippen molar-refractivity contribution in [3.63, 3.8) is 0 Å². The van der Waals surface area contributed by atoms with Gasteiger partial charge in [-0.15, -0.1) is 0 Å². The highest BCUT2D eigenvalue weighted by molar-refractivity contribution is 8.16. The second-order valence-corrected chi connectivity index (χ2v) is 10.1. The molecule has 1 atom stereocenters. The van der Waals surface area contributed by atoms with E-state index in [1.165, 1.54) is 28.2 Å². The van der Waals surface area contributed by atoms with Crippen LogP contribution in [0.3, 0.4) is 0 Å². The number of nitrogens with zero attached hydrogens (tertiary/aromatic N) is 3. The van der Waals surface area contributed by atoms with Gasteiger partial charge >= 0.3 is 6.18 Å². The minimum atomic E-state index is -4.76. The van der Waals surface area contributed by atoms with Crippen LogP contribution in [0.25, 0.3) is 22.3 Å². The lowest BCUT2D eigenvalue weighted by atomic mass is 10.1. The number of hydrogen-bond acceptors (Lipinski definition) is 6. The smallest absolute Gasteiger partial charge is 0.321 e. The largest absolute Gasteiger partial charge is 0.404 e. The number of pyridine rings is 1. The van der Waals surface area contributed by atoms with Crippen LogP contribution in [0.4, 0.5) is 17.6 Å². The average molecular weight is 536 g/mol. The number of aromatic nitrogens is 2. The molecule has 0 spiro atoms. The summed E-state index contributed by atoms with van der Waals surface area (Å²) in [7, 11) is -4.51. The van der Waals surface area contributed by atoms with Crippen molar-refractivity contribution in [1.82, 2.24) is 14.3 Å². The molecule has 0 radical (unpaired) electrons. The summed E-state index contributed by atoms with van der Waals surface area (Å²) in [6, 6.07) is 2.82. The van der Waals surface area contributed by atoms with Gasteiger partial charge in [0.05, 0.1) is 21.9 Å². The van der Waals surface area contributed by atoms with Gasteiger partial charge in [0.1, 0.15) is 16.8 Å². The topological polar surface area (TPSA) is 102 Å². The molecule has 14 heteroatoms. The number of thioether (sulfide) groups is 1. The van der Waals surface area contributed by atoms with Gasteiger partial charge in [0.25, 0.3) is 0 Å². The van der Waals surface area contributed by atoms with E-state index >= 15 is 0 Å². The van der Waals surface area contributed by atoms with Gasteiger partial charge in [0, 0.05) is 11.6 Å². The van der Waals surface area contributed by atoms with Crippen molar-refractivity contribution in [1.29, 1.82) is 0 Å². The third-order valence-electron chi connectivity index (χ3n) is 4.79. The number of aryl methyl sites for hydroxylation is 1. The van der Waals surface area contributed by atoms with E-state index in [2.05, 4.69) is 16.7 Å². The molecule has 0 aliphatic carbocycles. The van der Waals surface area contributed by atoms with Crippen LogP contribution in [0, 0.1) is 12.7 Å². The maximum Gasteiger partial charge on any atom is 0.404 e. The molecule has 0 aliphatic rings. The molecule has 182 valence electrons. The number of sulfonamides is 1. The van der Waals surface area contributed by atoms with Crippen molar-refractivity contribution in [3.05, 3.63) is 58.9 Å². The molecule has 3 aromatic rings. The number of halogens is 5. The first kappa shape index (κ1) is 26.0. The minimum Gasteiger partial charge on any atom is -0.321 e. The molecule has 0 aliphatic heterocycles. The molecule has 0 unspecified atom stereocenters. The van der Waals surface area contributed by atoms with Crippen LogP contribution in [-0.2, 0) is 10.0 Å². The summed E-state index contributed by atoms with van der Waals surface area (Å²) in [4.78, 5) is 3.61. The Bertz CT molecular complexity index is 1390. The molecule has 0 fully saturated rings. The number of hydrogen-bond donors (Lipinski definition) is 2. The summed E-state index contributed by atoms with van der Waals surface area (Å²) >= 11 is 7.61. The molecule has 2 aromatic heterocycles. The molecule has 3 N–H and O–H groups in total. The van der Waals surface area contributed by atoms with E-state index < -0.39 is 33.0 Å². The van der Waals surface area contributed by atoms with Gasteiger partial charge < -0.3 is 5.84 Å². The minimum absolute atomic E-state index is 0.0895. The summed E-state index contributed by atoms with van der Waals surface area (Å²) < 4.78 is 80.4. The summed E-state index contributed by atoms with van der Waals surface area (Å²) in [6.45, 7) is 5.87. The molecule has 7 nitrogen and oxygen atoms in total. The van der Waals surface area contributed by atoms with E-state index in [0.717, 1.165) is 24.0 Å². The van der Waals surface area contributed by atoms with Crippen molar-refractivity contribution >= 4 is 49.5 Å². The molecule has 0 saturated heterocycles. The van der Waals surface area contributed by atoms with E-state index in [1.54, 1.807) is 11.6 Å². The van der Waals surface area contributed by atoms with E-state index in [1.807, 2.05) is 0 Å². The van der Waals surface area contributed by atoms with Crippen LogP contribution in [-0.4, -0.2) is 35.4 Å². The summed E-state index contributed by atoms with van der Waals surface area (Å²) in [5, 5.41) is 5.83. The van der Waals surface area contributed by atoms with Gasteiger partial charge in [0.15, 0.2) is 5.17 Å². The molecule has 0 saturated carbocycles. The summed E-state index contributed by atoms with van der Waals surface area (Å²) in [6.07, 6.45) is -3.87. The van der Waals surface area contributed by atoms with Crippen molar-refractivity contribution in [2.75, 3.05) is 0 Å². The predicted molar refractivity (Wildman–Crippen MR) is 126 cm³/mol. The molecule has 0 bridgehead atoms. The van der Waals surface area contributed by atoms with Gasteiger partial charge in [-0.3, -0.25) is 9.55 Å². The number of nitrogens with one attached hydrogen (secondary N) is 1. The second kappa shape index (κ2) is 9.56. The number of alkyl halides is 3. The van der Waals surface area contributed by atoms with Crippen LogP contribution in [0.5, 0.6) is 0 Å². The fourth-order valence-corrected chi connectivity index (χ4v) is 5.07. The SMILES string of the molecule is C=CS/C(=N\N)n1c(-c2ccc(S(=O)(=O)N[C@@H](C)C(F)(F)F)cn2)c(Cl)c2cc(F)c(C)cc21. The first-order valence-electron chi connectivity index (χ1n) is 9.43. The molecule has 0 amide bonds. The highest BCUT2D eigenvalue weighted by Gasteiger charge is 2.39. The van der Waals surface area contributed by atoms with Crippen LogP contribution in [0.1, 0.15) is 12.5 Å². The Kier molecular flexibility index (Phi) is 7.31. The standard InChI is InChI=1S/C20H18ClF4N5O2S2/c1-4-33-19(28-26)30-16-7-10(2)14(22)8-13(16)17(21)18(30)15-6-5-12(9-27-15)34(31,32)29-11(3)20(23,24)25/h4-9,11,29H,1,26H2,2-3H3/b28-19-/t11-/m0/s1. The Hall–Kier alpha value is -2.61. The van der Waals surface area contributed by atoms with E-state index in [-0.39, 0.29) is 21.6 Å². The Morgan fingerprint density at radius 2 is 2.06 bits per heavy atom. The normalized spacial score (nSPS) is 13.9. The second-order valence-electron chi connectivity index (χ2n) is 7.08. The summed E-state index contributed by atoms with van der Waals surface area (Å²) in [5.41, 5.74) is 1.15. The highest BCUT2D eigenvalue weighted by atomic mass is 35.5. The molecule has 3 rings (SSSR count). The Labute approximate surface area is 201 Å². The van der Waals surface area contributed by atoms with Crippen molar-refractivity contribution < 1.29 is 26.0 Å². The third-order valence-corrected chi connectivity index (χ3v) is 7.36. The Morgan fingerprint density at radius 3 is 2.59 bits per heavy atom. The number of rotatable bonds is 5. The van der Waals surface area contributed by atoms with E-state index in [0.29, 0.717) is 23.4 Å². The van der Waals surface area contributed by atoms with Gasteiger partial charge in [-0.25, -0.2) is 12.8 Å². The molecular weight excluding hydrogens is 518 g/mol. The zero-order valence-electron chi connectivity index (χ0n) is 17.7. The highest BCUT2D eigenvalue weighted by Crippen LogP contribution is 2.39. The lowest BCUT2D eigenvalue weighted by molar-refractivity contribution is -0.147. The van der Waals surface area contributed by atoms with E-state index in [4.69, 9.17) is 17.4 Å². The first-order valence-corrected chi connectivity index (χ1v) is 12.2. The number of benzene rings is 1. The molecule has 1 aromatic carbocycles. The monoisotopic (exact) mass is 535 g/mol.